The summed E-state index contributed by atoms with van der Waals surface area (Å²) in [5.74, 6) is 0. The smallest absolute Gasteiger partial charge is 0.0302 e. The molecule has 0 aromatic carbocycles. The normalized spacial score (nSPS) is 21.2. The van der Waals surface area contributed by atoms with Crippen LogP contribution in [0.5, 0.6) is 0 Å². The van der Waals surface area contributed by atoms with Gasteiger partial charge in [-0.3, -0.25) is 4.90 Å². The van der Waals surface area contributed by atoms with E-state index in [0.29, 0.717) is 0 Å². The van der Waals surface area contributed by atoms with Crippen LogP contribution in [-0.4, -0.2) is 24.0 Å². The Morgan fingerprint density at radius 1 is 1.35 bits per heavy atom. The fourth-order valence-corrected chi connectivity index (χ4v) is 3.55. The topological polar surface area (TPSA) is 15.3 Å². The number of nitrogens with zero attached hydrogens (tertiary/aromatic N) is 1. The Balaban J connectivity index is 1.58. The van der Waals surface area contributed by atoms with Crippen LogP contribution in [0.3, 0.4) is 0 Å². The first kappa shape index (κ1) is 11.7. The number of nitrogens with one attached hydrogen (secondary N) is 1. The fourth-order valence-electron chi connectivity index (χ4n) is 2.55. The SMILES string of the molecule is Cc1sc(CNC2CC2)cc1CN1CCCC1. The molecule has 1 saturated heterocycles. The lowest BCUT2D eigenvalue weighted by Gasteiger charge is -2.13. The lowest BCUT2D eigenvalue weighted by atomic mass is 10.2. The van der Waals surface area contributed by atoms with Crippen molar-refractivity contribution in [1.82, 2.24) is 10.2 Å². The van der Waals surface area contributed by atoms with Gasteiger partial charge in [0.15, 0.2) is 0 Å². The van der Waals surface area contributed by atoms with Crippen molar-refractivity contribution in [2.45, 2.75) is 51.7 Å². The standard InChI is InChI=1S/C14H22N2S/c1-11-12(10-16-6-2-3-7-16)8-14(17-11)9-15-13-4-5-13/h8,13,15H,2-7,9-10H2,1H3. The predicted octanol–water partition coefficient (Wildman–Crippen LogP) is 2.90. The molecule has 1 saturated carbocycles. The molecule has 0 atom stereocenters. The van der Waals surface area contributed by atoms with Crippen LogP contribution in [-0.2, 0) is 13.1 Å². The summed E-state index contributed by atoms with van der Waals surface area (Å²) in [6, 6.07) is 3.24. The highest BCUT2D eigenvalue weighted by Crippen LogP contribution is 2.26. The molecule has 1 N–H and O–H groups in total. The van der Waals surface area contributed by atoms with Crippen molar-refractivity contribution < 1.29 is 0 Å². The van der Waals surface area contributed by atoms with E-state index in [1.807, 2.05) is 11.3 Å². The van der Waals surface area contributed by atoms with Crippen LogP contribution in [0.15, 0.2) is 6.07 Å². The largest absolute Gasteiger partial charge is 0.309 e. The van der Waals surface area contributed by atoms with Crippen molar-refractivity contribution in [2.24, 2.45) is 0 Å². The van der Waals surface area contributed by atoms with Gasteiger partial charge in [0.1, 0.15) is 0 Å². The minimum Gasteiger partial charge on any atom is -0.309 e. The van der Waals surface area contributed by atoms with Crippen LogP contribution in [0.2, 0.25) is 0 Å². The zero-order valence-corrected chi connectivity index (χ0v) is 11.5. The van der Waals surface area contributed by atoms with Crippen molar-refractivity contribution >= 4 is 11.3 Å². The third kappa shape index (κ3) is 3.09. The summed E-state index contributed by atoms with van der Waals surface area (Å²) in [4.78, 5) is 5.63. The molecule has 0 spiro atoms. The second-order valence-corrected chi connectivity index (χ2v) is 6.77. The van der Waals surface area contributed by atoms with Gasteiger partial charge in [0.05, 0.1) is 0 Å². The third-order valence-corrected chi connectivity index (χ3v) is 4.90. The van der Waals surface area contributed by atoms with Gasteiger partial charge in [0.2, 0.25) is 0 Å². The van der Waals surface area contributed by atoms with E-state index in [2.05, 4.69) is 23.2 Å². The zero-order chi connectivity index (χ0) is 11.7. The highest BCUT2D eigenvalue weighted by Gasteiger charge is 2.20. The molecule has 2 aliphatic rings. The lowest BCUT2D eigenvalue weighted by molar-refractivity contribution is 0.331. The summed E-state index contributed by atoms with van der Waals surface area (Å²) in [6.07, 6.45) is 5.54. The van der Waals surface area contributed by atoms with Crippen molar-refractivity contribution in [1.29, 1.82) is 0 Å². The van der Waals surface area contributed by atoms with Crippen molar-refractivity contribution in [3.8, 4) is 0 Å². The molecular weight excluding hydrogens is 228 g/mol. The van der Waals surface area contributed by atoms with E-state index >= 15 is 0 Å². The molecule has 17 heavy (non-hydrogen) atoms. The first-order valence-corrected chi connectivity index (χ1v) is 7.67. The van der Waals surface area contributed by atoms with Crippen molar-refractivity contribution in [3.63, 3.8) is 0 Å². The van der Waals surface area contributed by atoms with Crippen LogP contribution in [0.1, 0.15) is 41.0 Å². The summed E-state index contributed by atoms with van der Waals surface area (Å²) in [6.45, 7) is 7.12. The molecule has 1 aromatic heterocycles. The maximum Gasteiger partial charge on any atom is 0.0302 e. The minimum absolute atomic E-state index is 0.819. The Labute approximate surface area is 108 Å². The van der Waals surface area contributed by atoms with Crippen LogP contribution in [0.25, 0.3) is 0 Å². The molecule has 1 aliphatic heterocycles. The van der Waals surface area contributed by atoms with E-state index in [-0.39, 0.29) is 0 Å². The van der Waals surface area contributed by atoms with E-state index in [4.69, 9.17) is 0 Å². The molecule has 1 aromatic rings. The van der Waals surface area contributed by atoms with Gasteiger partial charge in [-0.1, -0.05) is 0 Å². The highest BCUT2D eigenvalue weighted by atomic mass is 32.1. The van der Waals surface area contributed by atoms with Crippen molar-refractivity contribution in [2.75, 3.05) is 13.1 Å². The van der Waals surface area contributed by atoms with Crippen LogP contribution in [0, 0.1) is 6.92 Å². The number of thiophene rings is 1. The lowest BCUT2D eigenvalue weighted by Crippen LogP contribution is -2.18. The average Bonchev–Trinajstić information content (AvgIpc) is 2.89. The summed E-state index contributed by atoms with van der Waals surface area (Å²) in [5.41, 5.74) is 1.56. The number of aryl methyl sites for hydroxylation is 1. The fraction of sp³-hybridized carbons (Fsp3) is 0.714. The molecule has 3 rings (SSSR count). The van der Waals surface area contributed by atoms with E-state index in [1.54, 1.807) is 5.56 Å². The molecule has 3 heteroatoms. The Morgan fingerprint density at radius 3 is 2.82 bits per heavy atom. The van der Waals surface area contributed by atoms with Gasteiger partial charge < -0.3 is 5.32 Å². The molecule has 2 nitrogen and oxygen atoms in total. The molecule has 0 unspecified atom stereocenters. The van der Waals surface area contributed by atoms with E-state index < -0.39 is 0 Å². The molecule has 2 heterocycles. The van der Waals surface area contributed by atoms with E-state index in [9.17, 15) is 0 Å². The van der Waals surface area contributed by atoms with Crippen LogP contribution >= 0.6 is 11.3 Å². The maximum atomic E-state index is 3.60. The molecule has 1 aliphatic carbocycles. The van der Waals surface area contributed by atoms with E-state index in [1.165, 1.54) is 55.1 Å². The Kier molecular flexibility index (Phi) is 3.50. The third-order valence-electron chi connectivity index (χ3n) is 3.81. The summed E-state index contributed by atoms with van der Waals surface area (Å²) in [5, 5.41) is 3.60. The first-order valence-electron chi connectivity index (χ1n) is 6.85. The number of hydrogen-bond donors (Lipinski definition) is 1. The Bertz CT molecular complexity index is 376. The van der Waals surface area contributed by atoms with Gasteiger partial charge in [-0.2, -0.15) is 0 Å². The van der Waals surface area contributed by atoms with Crippen LogP contribution in [0.4, 0.5) is 0 Å². The summed E-state index contributed by atoms with van der Waals surface area (Å²) >= 11 is 1.98. The zero-order valence-electron chi connectivity index (χ0n) is 10.7. The summed E-state index contributed by atoms with van der Waals surface area (Å²) < 4.78 is 0. The second-order valence-electron chi connectivity index (χ2n) is 5.43. The van der Waals surface area contributed by atoms with E-state index in [0.717, 1.165) is 12.6 Å². The number of likely N-dealkylation sites (tertiary alicyclic amines) is 1. The highest BCUT2D eigenvalue weighted by molar-refractivity contribution is 7.12. The molecule has 0 amide bonds. The van der Waals surface area contributed by atoms with Crippen molar-refractivity contribution in [3.05, 3.63) is 21.4 Å². The second kappa shape index (κ2) is 5.09. The number of rotatable bonds is 5. The molecular formula is C14H22N2S. The Hall–Kier alpha value is -0.380. The van der Waals surface area contributed by atoms with Gasteiger partial charge in [-0.15, -0.1) is 11.3 Å². The average molecular weight is 250 g/mol. The summed E-state index contributed by atoms with van der Waals surface area (Å²) in [7, 11) is 0. The molecule has 0 bridgehead atoms. The van der Waals surface area contributed by atoms with Gasteiger partial charge in [0, 0.05) is 28.9 Å². The van der Waals surface area contributed by atoms with Crippen LogP contribution < -0.4 is 5.32 Å². The first-order chi connectivity index (χ1) is 8.31. The monoisotopic (exact) mass is 250 g/mol. The van der Waals surface area contributed by atoms with Gasteiger partial charge >= 0.3 is 0 Å². The number of hydrogen-bond acceptors (Lipinski definition) is 3. The maximum absolute atomic E-state index is 3.60. The van der Waals surface area contributed by atoms with Gasteiger partial charge in [-0.25, -0.2) is 0 Å². The Morgan fingerprint density at radius 2 is 2.12 bits per heavy atom. The molecule has 0 radical (unpaired) electrons. The molecule has 94 valence electrons. The van der Waals surface area contributed by atoms with Gasteiger partial charge in [0.25, 0.3) is 0 Å². The predicted molar refractivity (Wildman–Crippen MR) is 73.4 cm³/mol. The minimum atomic E-state index is 0.819. The van der Waals surface area contributed by atoms with Gasteiger partial charge in [-0.05, 0) is 57.3 Å². The molecule has 2 fully saturated rings. The quantitative estimate of drug-likeness (QED) is 0.864.